The van der Waals surface area contributed by atoms with Crippen molar-refractivity contribution < 1.29 is 74.0 Å². The third kappa shape index (κ3) is 16.0. The van der Waals surface area contributed by atoms with Gasteiger partial charge >= 0.3 is 36.4 Å². The Morgan fingerprint density at radius 1 is 0.575 bits per heavy atom. The molecule has 10 nitrogen and oxygen atoms in total. The molecule has 0 radical (unpaired) electrons. The molecule has 1 aliphatic carbocycles. The largest absolute Gasteiger partial charge is 0.490 e. The van der Waals surface area contributed by atoms with Crippen molar-refractivity contribution in [3.63, 3.8) is 0 Å². The number of carboxylic acid groups (broad SMARTS) is 3. The first-order chi connectivity index (χ1) is 18.2. The molecular formula is C21H32F9N3O7. The van der Waals surface area contributed by atoms with Crippen molar-refractivity contribution >= 4 is 17.9 Å². The second-order valence-corrected chi connectivity index (χ2v) is 8.89. The minimum Gasteiger partial charge on any atom is -0.475 e. The average molecular weight is 609 g/mol. The number of carbonyl (C=O) groups is 3. The predicted molar refractivity (Wildman–Crippen MR) is 118 cm³/mol. The molecule has 0 bridgehead atoms. The number of nitrogens with zero attached hydrogens (tertiary/aromatic N) is 2. The number of alkyl halides is 9. The first-order valence-electron chi connectivity index (χ1n) is 11.9. The molecule has 0 unspecified atom stereocenters. The predicted octanol–water partition coefficient (Wildman–Crippen LogP) is 2.95. The summed E-state index contributed by atoms with van der Waals surface area (Å²) in [5, 5.41) is 21.4. The lowest BCUT2D eigenvalue weighted by atomic mass is 9.90. The smallest absolute Gasteiger partial charge is 0.475 e. The van der Waals surface area contributed by atoms with E-state index in [0.717, 1.165) is 25.3 Å². The molecule has 3 fully saturated rings. The summed E-state index contributed by atoms with van der Waals surface area (Å²) in [5.41, 5.74) is 6.01. The zero-order chi connectivity index (χ0) is 31.3. The van der Waals surface area contributed by atoms with E-state index in [9.17, 15) is 39.5 Å². The number of piperazine rings is 1. The molecule has 0 atom stereocenters. The minimum atomic E-state index is -5.08. The molecule has 0 aromatic rings. The Labute approximate surface area is 222 Å². The van der Waals surface area contributed by atoms with E-state index in [1.165, 1.54) is 64.7 Å². The normalized spacial score (nSPS) is 23.2. The van der Waals surface area contributed by atoms with Crippen LogP contribution in [0, 0.1) is 0 Å². The molecule has 0 aromatic carbocycles. The van der Waals surface area contributed by atoms with E-state index < -0.39 is 36.4 Å². The third-order valence-corrected chi connectivity index (χ3v) is 6.04. The molecule has 40 heavy (non-hydrogen) atoms. The Morgan fingerprint density at radius 2 is 0.825 bits per heavy atom. The molecule has 0 amide bonds. The van der Waals surface area contributed by atoms with Crippen molar-refractivity contribution in [1.29, 1.82) is 0 Å². The first-order valence-corrected chi connectivity index (χ1v) is 11.9. The summed E-state index contributed by atoms with van der Waals surface area (Å²) in [6.45, 7) is 6.96. The second kappa shape index (κ2) is 16.8. The van der Waals surface area contributed by atoms with Gasteiger partial charge in [-0.15, -0.1) is 0 Å². The maximum atomic E-state index is 10.6. The van der Waals surface area contributed by atoms with Gasteiger partial charge in [0.05, 0.1) is 0 Å². The van der Waals surface area contributed by atoms with E-state index in [2.05, 4.69) is 9.80 Å². The Hall–Kier alpha value is -2.38. The molecular weight excluding hydrogens is 577 g/mol. The summed E-state index contributed by atoms with van der Waals surface area (Å²) in [6, 6.07) is 2.08. The monoisotopic (exact) mass is 609 g/mol. The highest BCUT2D eigenvalue weighted by atomic mass is 19.4. The Kier molecular flexibility index (Phi) is 15.8. The Balaban J connectivity index is 0.000000603. The molecule has 2 aliphatic heterocycles. The van der Waals surface area contributed by atoms with Gasteiger partial charge in [0.15, 0.2) is 0 Å². The van der Waals surface area contributed by atoms with E-state index in [4.69, 9.17) is 40.2 Å². The molecule has 2 heterocycles. The van der Waals surface area contributed by atoms with Gasteiger partial charge in [-0.05, 0) is 38.5 Å². The van der Waals surface area contributed by atoms with Crippen LogP contribution in [0.4, 0.5) is 39.5 Å². The van der Waals surface area contributed by atoms with Crippen molar-refractivity contribution in [2.45, 2.75) is 75.2 Å². The molecule has 0 spiro atoms. The number of carboxylic acids is 3. The molecule has 3 rings (SSSR count). The zero-order valence-electron chi connectivity index (χ0n) is 21.1. The molecule has 3 aliphatic rings. The van der Waals surface area contributed by atoms with Crippen molar-refractivity contribution in [3.8, 4) is 0 Å². The van der Waals surface area contributed by atoms with Gasteiger partial charge in [-0.2, -0.15) is 39.5 Å². The number of nitrogens with two attached hydrogens (primary N) is 1. The summed E-state index contributed by atoms with van der Waals surface area (Å²) in [5.74, 6) is -8.27. The topological polar surface area (TPSA) is 154 Å². The maximum Gasteiger partial charge on any atom is 0.490 e. The third-order valence-electron chi connectivity index (χ3n) is 6.04. The lowest BCUT2D eigenvalue weighted by Gasteiger charge is -2.44. The number of ether oxygens (including phenoxy) is 1. The van der Waals surface area contributed by atoms with Crippen LogP contribution < -0.4 is 5.73 Å². The zero-order valence-corrected chi connectivity index (χ0v) is 21.1. The van der Waals surface area contributed by atoms with E-state index in [0.29, 0.717) is 6.04 Å². The van der Waals surface area contributed by atoms with Gasteiger partial charge in [-0.25, -0.2) is 14.4 Å². The lowest BCUT2D eigenvalue weighted by Crippen LogP contribution is -2.54. The fraction of sp³-hybridized carbons (Fsp3) is 0.857. The van der Waals surface area contributed by atoms with E-state index in [-0.39, 0.29) is 0 Å². The fourth-order valence-electron chi connectivity index (χ4n) is 3.98. The van der Waals surface area contributed by atoms with Crippen molar-refractivity contribution in [3.05, 3.63) is 0 Å². The van der Waals surface area contributed by atoms with Gasteiger partial charge in [-0.3, -0.25) is 9.80 Å². The van der Waals surface area contributed by atoms with Crippen LogP contribution in [-0.4, -0.2) is 119 Å². The van der Waals surface area contributed by atoms with E-state index in [1.54, 1.807) is 0 Å². The Morgan fingerprint density at radius 3 is 1.07 bits per heavy atom. The van der Waals surface area contributed by atoms with Gasteiger partial charge in [0, 0.05) is 57.5 Å². The molecule has 236 valence electrons. The fourth-order valence-corrected chi connectivity index (χ4v) is 3.98. The van der Waals surface area contributed by atoms with Crippen LogP contribution in [0.3, 0.4) is 0 Å². The number of halogens is 9. The van der Waals surface area contributed by atoms with E-state index in [1.807, 2.05) is 0 Å². The van der Waals surface area contributed by atoms with Gasteiger partial charge in [0.25, 0.3) is 0 Å². The van der Waals surface area contributed by atoms with Crippen LogP contribution in [-0.2, 0) is 19.1 Å². The number of rotatable bonds is 2. The second-order valence-electron chi connectivity index (χ2n) is 8.89. The van der Waals surface area contributed by atoms with Gasteiger partial charge in [-0.1, -0.05) is 0 Å². The first kappa shape index (κ1) is 37.6. The van der Waals surface area contributed by atoms with Gasteiger partial charge in [0.2, 0.25) is 0 Å². The summed E-state index contributed by atoms with van der Waals surface area (Å²) in [6.07, 6.45) is -7.69. The van der Waals surface area contributed by atoms with Crippen molar-refractivity contribution in [1.82, 2.24) is 9.80 Å². The van der Waals surface area contributed by atoms with Gasteiger partial charge in [0.1, 0.15) is 0 Å². The number of hydrogen-bond donors (Lipinski definition) is 4. The SMILES string of the molecule is N[C@H]1CC[C@H](N2CCN(C3CCOCC3)CC2)CC1.O=C(O)C(F)(F)F.O=C(O)C(F)(F)F.O=C(O)C(F)(F)F. The average Bonchev–Trinajstić information content (AvgIpc) is 2.84. The molecule has 5 N–H and O–H groups in total. The Bertz CT molecular complexity index is 716. The minimum absolute atomic E-state index is 0.472. The van der Waals surface area contributed by atoms with Crippen molar-refractivity contribution in [2.24, 2.45) is 5.73 Å². The highest BCUT2D eigenvalue weighted by molar-refractivity contribution is 5.73. The van der Waals surface area contributed by atoms with Crippen LogP contribution in [0.15, 0.2) is 0 Å². The standard InChI is InChI=1S/C15H29N3O.3C2HF3O2/c16-13-1-3-14(4-2-13)17-7-9-18(10-8-17)15-5-11-19-12-6-15;3*3-2(4,5)1(6)7/h13-15H,1-12,16H2;3*(H,6,7)/t13-,14-;;;. The summed E-state index contributed by atoms with van der Waals surface area (Å²) in [7, 11) is 0. The number of aliphatic carboxylic acids is 3. The summed E-state index contributed by atoms with van der Waals surface area (Å²) < 4.78 is 101. The summed E-state index contributed by atoms with van der Waals surface area (Å²) in [4.78, 5) is 32.1. The van der Waals surface area contributed by atoms with Crippen LogP contribution in [0.1, 0.15) is 38.5 Å². The number of hydrogen-bond acceptors (Lipinski definition) is 7. The summed E-state index contributed by atoms with van der Waals surface area (Å²) >= 11 is 0. The van der Waals surface area contributed by atoms with Gasteiger partial charge < -0.3 is 25.8 Å². The molecule has 0 aromatic heterocycles. The van der Waals surface area contributed by atoms with Crippen LogP contribution in [0.25, 0.3) is 0 Å². The molecule has 1 saturated carbocycles. The molecule has 2 saturated heterocycles. The van der Waals surface area contributed by atoms with Crippen LogP contribution >= 0.6 is 0 Å². The quantitative estimate of drug-likeness (QED) is 0.344. The van der Waals surface area contributed by atoms with Crippen molar-refractivity contribution in [2.75, 3.05) is 39.4 Å². The lowest BCUT2D eigenvalue weighted by molar-refractivity contribution is -0.193. The highest BCUT2D eigenvalue weighted by Gasteiger charge is 2.39. The van der Waals surface area contributed by atoms with E-state index >= 15 is 0 Å². The van der Waals surface area contributed by atoms with Crippen LogP contribution in [0.2, 0.25) is 0 Å². The highest BCUT2D eigenvalue weighted by Crippen LogP contribution is 2.24. The van der Waals surface area contributed by atoms with Crippen LogP contribution in [0.5, 0.6) is 0 Å². The molecule has 19 heteroatoms. The maximum absolute atomic E-state index is 10.6.